The van der Waals surface area contributed by atoms with Gasteiger partial charge in [0.05, 0.1) is 6.26 Å². The molecule has 2 nitrogen and oxygen atoms in total. The Balaban J connectivity index is 1.76. The second kappa shape index (κ2) is 6.58. The first kappa shape index (κ1) is 13.9. The van der Waals surface area contributed by atoms with Crippen molar-refractivity contribution >= 4 is 0 Å². The van der Waals surface area contributed by atoms with Crippen LogP contribution in [-0.4, -0.2) is 6.04 Å². The standard InChI is InChI=1S/C17H23NO/c1-13-6-8-16(11-14(13)2)12-18-15(3)7-9-17-5-4-10-19-17/h4-6,8,10-11,15,18H,7,9,12H2,1-3H3. The van der Waals surface area contributed by atoms with Gasteiger partial charge in [0.2, 0.25) is 0 Å². The van der Waals surface area contributed by atoms with Crippen LogP contribution in [0.1, 0.15) is 35.8 Å². The fourth-order valence-corrected chi connectivity index (χ4v) is 2.12. The summed E-state index contributed by atoms with van der Waals surface area (Å²) in [5.41, 5.74) is 4.07. The zero-order chi connectivity index (χ0) is 13.7. The fraction of sp³-hybridized carbons (Fsp3) is 0.412. The van der Waals surface area contributed by atoms with Crippen molar-refractivity contribution in [1.82, 2.24) is 5.32 Å². The molecule has 0 radical (unpaired) electrons. The van der Waals surface area contributed by atoms with E-state index < -0.39 is 0 Å². The third-order valence-electron chi connectivity index (χ3n) is 3.63. The first-order valence-corrected chi connectivity index (χ1v) is 6.97. The summed E-state index contributed by atoms with van der Waals surface area (Å²) in [6.45, 7) is 7.47. The van der Waals surface area contributed by atoms with E-state index in [1.165, 1.54) is 16.7 Å². The molecular weight excluding hydrogens is 234 g/mol. The van der Waals surface area contributed by atoms with Gasteiger partial charge < -0.3 is 9.73 Å². The lowest BCUT2D eigenvalue weighted by molar-refractivity contribution is 0.460. The van der Waals surface area contributed by atoms with Crippen molar-refractivity contribution in [2.45, 2.75) is 46.2 Å². The second-order valence-corrected chi connectivity index (χ2v) is 5.32. The molecule has 0 saturated heterocycles. The van der Waals surface area contributed by atoms with E-state index in [-0.39, 0.29) is 0 Å². The smallest absolute Gasteiger partial charge is 0.103 e. The van der Waals surface area contributed by atoms with E-state index in [9.17, 15) is 0 Å². The Morgan fingerprint density at radius 2 is 2.00 bits per heavy atom. The van der Waals surface area contributed by atoms with Gasteiger partial charge in [-0.15, -0.1) is 0 Å². The number of aryl methyl sites for hydroxylation is 3. The summed E-state index contributed by atoms with van der Waals surface area (Å²) >= 11 is 0. The van der Waals surface area contributed by atoms with Crippen LogP contribution in [0.25, 0.3) is 0 Å². The molecule has 0 amide bonds. The van der Waals surface area contributed by atoms with Crippen molar-refractivity contribution in [3.8, 4) is 0 Å². The fourth-order valence-electron chi connectivity index (χ4n) is 2.12. The molecule has 1 atom stereocenters. The van der Waals surface area contributed by atoms with Crippen molar-refractivity contribution in [3.63, 3.8) is 0 Å². The van der Waals surface area contributed by atoms with E-state index in [0.717, 1.165) is 25.1 Å². The van der Waals surface area contributed by atoms with Gasteiger partial charge in [0.15, 0.2) is 0 Å². The molecule has 0 aliphatic rings. The molecule has 0 saturated carbocycles. The van der Waals surface area contributed by atoms with Crippen LogP contribution >= 0.6 is 0 Å². The Morgan fingerprint density at radius 3 is 2.68 bits per heavy atom. The highest BCUT2D eigenvalue weighted by molar-refractivity contribution is 5.29. The summed E-state index contributed by atoms with van der Waals surface area (Å²) in [6.07, 6.45) is 3.83. The maximum absolute atomic E-state index is 5.35. The van der Waals surface area contributed by atoms with Gasteiger partial charge in [0.1, 0.15) is 5.76 Å². The van der Waals surface area contributed by atoms with Crippen LogP contribution in [0.15, 0.2) is 41.0 Å². The van der Waals surface area contributed by atoms with Crippen LogP contribution in [0.5, 0.6) is 0 Å². The van der Waals surface area contributed by atoms with E-state index in [2.05, 4.69) is 44.3 Å². The van der Waals surface area contributed by atoms with Gasteiger partial charge in [-0.3, -0.25) is 0 Å². The molecular formula is C17H23NO. The maximum Gasteiger partial charge on any atom is 0.103 e. The number of benzene rings is 1. The Morgan fingerprint density at radius 1 is 1.16 bits per heavy atom. The van der Waals surface area contributed by atoms with Crippen LogP contribution in [0.2, 0.25) is 0 Å². The zero-order valence-electron chi connectivity index (χ0n) is 12.1. The van der Waals surface area contributed by atoms with Crippen molar-refractivity contribution in [2.75, 3.05) is 0 Å². The Bertz CT molecular complexity index is 502. The van der Waals surface area contributed by atoms with Crippen LogP contribution in [0, 0.1) is 13.8 Å². The quantitative estimate of drug-likeness (QED) is 0.846. The molecule has 0 fully saturated rings. The number of hydrogen-bond donors (Lipinski definition) is 1. The van der Waals surface area contributed by atoms with Crippen LogP contribution in [0.4, 0.5) is 0 Å². The van der Waals surface area contributed by atoms with E-state index in [1.54, 1.807) is 6.26 Å². The molecule has 1 N–H and O–H groups in total. The minimum absolute atomic E-state index is 0.492. The molecule has 1 unspecified atom stereocenters. The molecule has 0 aliphatic heterocycles. The molecule has 102 valence electrons. The zero-order valence-corrected chi connectivity index (χ0v) is 12.1. The van der Waals surface area contributed by atoms with Gasteiger partial charge in [0.25, 0.3) is 0 Å². The third kappa shape index (κ3) is 4.25. The summed E-state index contributed by atoms with van der Waals surface area (Å²) in [5, 5.41) is 3.57. The summed E-state index contributed by atoms with van der Waals surface area (Å²) in [6, 6.07) is 11.1. The molecule has 1 aromatic carbocycles. The predicted molar refractivity (Wildman–Crippen MR) is 79.2 cm³/mol. The predicted octanol–water partition coefficient (Wildman–Crippen LogP) is 4.01. The van der Waals surface area contributed by atoms with Crippen LogP contribution in [0.3, 0.4) is 0 Å². The van der Waals surface area contributed by atoms with Gasteiger partial charge in [-0.25, -0.2) is 0 Å². The van der Waals surface area contributed by atoms with Crippen LogP contribution < -0.4 is 5.32 Å². The Hall–Kier alpha value is -1.54. The molecule has 2 heteroatoms. The molecule has 0 aliphatic carbocycles. The van der Waals surface area contributed by atoms with E-state index in [4.69, 9.17) is 4.42 Å². The number of nitrogens with one attached hydrogen (secondary N) is 1. The van der Waals surface area contributed by atoms with Gasteiger partial charge in [-0.05, 0) is 56.0 Å². The lowest BCUT2D eigenvalue weighted by atomic mass is 10.1. The molecule has 0 spiro atoms. The van der Waals surface area contributed by atoms with Crippen LogP contribution in [-0.2, 0) is 13.0 Å². The average molecular weight is 257 g/mol. The third-order valence-corrected chi connectivity index (χ3v) is 3.63. The van der Waals surface area contributed by atoms with Crippen molar-refractivity contribution in [1.29, 1.82) is 0 Å². The SMILES string of the molecule is Cc1ccc(CNC(C)CCc2ccco2)cc1C. The Labute approximate surface area is 115 Å². The molecule has 0 bridgehead atoms. The molecule has 1 aromatic heterocycles. The van der Waals surface area contributed by atoms with Crippen molar-refractivity contribution in [2.24, 2.45) is 0 Å². The molecule has 1 heterocycles. The molecule has 2 aromatic rings. The Kier molecular flexibility index (Phi) is 4.80. The number of rotatable bonds is 6. The van der Waals surface area contributed by atoms with E-state index >= 15 is 0 Å². The van der Waals surface area contributed by atoms with Gasteiger partial charge in [-0.2, -0.15) is 0 Å². The lowest BCUT2D eigenvalue weighted by Gasteiger charge is -2.14. The number of hydrogen-bond acceptors (Lipinski definition) is 2. The normalized spacial score (nSPS) is 12.6. The second-order valence-electron chi connectivity index (χ2n) is 5.32. The first-order valence-electron chi connectivity index (χ1n) is 6.97. The minimum atomic E-state index is 0.492. The average Bonchev–Trinajstić information content (AvgIpc) is 2.91. The summed E-state index contributed by atoms with van der Waals surface area (Å²) in [4.78, 5) is 0. The van der Waals surface area contributed by atoms with Gasteiger partial charge in [-0.1, -0.05) is 18.2 Å². The summed E-state index contributed by atoms with van der Waals surface area (Å²) in [5.74, 6) is 1.07. The minimum Gasteiger partial charge on any atom is -0.469 e. The summed E-state index contributed by atoms with van der Waals surface area (Å²) in [7, 11) is 0. The van der Waals surface area contributed by atoms with Crippen molar-refractivity contribution in [3.05, 3.63) is 59.0 Å². The highest BCUT2D eigenvalue weighted by Crippen LogP contribution is 2.10. The van der Waals surface area contributed by atoms with Gasteiger partial charge in [0, 0.05) is 19.0 Å². The van der Waals surface area contributed by atoms with Gasteiger partial charge >= 0.3 is 0 Å². The monoisotopic (exact) mass is 257 g/mol. The maximum atomic E-state index is 5.35. The first-order chi connectivity index (χ1) is 9.15. The van der Waals surface area contributed by atoms with E-state index in [0.29, 0.717) is 6.04 Å². The highest BCUT2D eigenvalue weighted by Gasteiger charge is 2.04. The topological polar surface area (TPSA) is 25.2 Å². The number of furan rings is 1. The lowest BCUT2D eigenvalue weighted by Crippen LogP contribution is -2.25. The molecule has 19 heavy (non-hydrogen) atoms. The highest BCUT2D eigenvalue weighted by atomic mass is 16.3. The van der Waals surface area contributed by atoms with E-state index in [1.807, 2.05) is 12.1 Å². The van der Waals surface area contributed by atoms with Crippen molar-refractivity contribution < 1.29 is 4.42 Å². The molecule has 2 rings (SSSR count). The largest absolute Gasteiger partial charge is 0.469 e. The summed E-state index contributed by atoms with van der Waals surface area (Å²) < 4.78 is 5.35.